The predicted molar refractivity (Wildman–Crippen MR) is 126 cm³/mol. The Hall–Kier alpha value is -3.71. The fourth-order valence-corrected chi connectivity index (χ4v) is 3.91. The molecule has 9 nitrogen and oxygen atoms in total. The van der Waals surface area contributed by atoms with Crippen molar-refractivity contribution in [2.24, 2.45) is 0 Å². The Labute approximate surface area is 205 Å². The molecule has 2 aromatic heterocycles. The number of hydrogen-bond donors (Lipinski definition) is 3. The van der Waals surface area contributed by atoms with Crippen LogP contribution in [0.5, 0.6) is 5.75 Å². The van der Waals surface area contributed by atoms with E-state index in [1.54, 1.807) is 25.3 Å². The maximum absolute atomic E-state index is 13.2. The third-order valence-corrected chi connectivity index (χ3v) is 5.94. The van der Waals surface area contributed by atoms with Gasteiger partial charge in [0.05, 0.1) is 29.8 Å². The summed E-state index contributed by atoms with van der Waals surface area (Å²) in [5, 5.41) is 17.4. The molecule has 0 saturated heterocycles. The number of methoxy groups -OCH3 is 1. The summed E-state index contributed by atoms with van der Waals surface area (Å²) >= 11 is 6.57. The second-order valence-electron chi connectivity index (χ2n) is 7.10. The van der Waals surface area contributed by atoms with Gasteiger partial charge in [0.15, 0.2) is 0 Å². The molecule has 0 fully saturated rings. The number of ether oxygens (including phenoxy) is 1. The van der Waals surface area contributed by atoms with E-state index in [2.05, 4.69) is 25.7 Å². The Balaban J connectivity index is 1.43. The highest BCUT2D eigenvalue weighted by atomic mass is 35.5. The highest BCUT2D eigenvalue weighted by molar-refractivity contribution is 7.99. The van der Waals surface area contributed by atoms with E-state index in [4.69, 9.17) is 22.2 Å². The van der Waals surface area contributed by atoms with Crippen LogP contribution in [0.4, 0.5) is 18.9 Å². The molecule has 0 aliphatic heterocycles. The molecule has 182 valence electrons. The number of hydrogen-bond acceptors (Lipinski definition) is 7. The number of aromatic amines is 1. The first-order chi connectivity index (χ1) is 16.7. The lowest BCUT2D eigenvalue weighted by molar-refractivity contribution is -0.137. The molecule has 35 heavy (non-hydrogen) atoms. The molecule has 2 aromatic carbocycles. The number of H-pyrrole nitrogens is 1. The van der Waals surface area contributed by atoms with Crippen molar-refractivity contribution in [1.82, 2.24) is 25.1 Å². The molecule has 0 unspecified atom stereocenters. The van der Waals surface area contributed by atoms with Gasteiger partial charge in [-0.15, -0.1) is 10.2 Å². The number of nitrogens with two attached hydrogens (primary N) is 1. The molecule has 0 aliphatic rings. The lowest BCUT2D eigenvalue weighted by Gasteiger charge is -2.14. The van der Waals surface area contributed by atoms with E-state index in [9.17, 15) is 18.0 Å². The molecule has 0 bridgehead atoms. The molecular weight excluding hydrogens is 507 g/mol. The zero-order valence-corrected chi connectivity index (χ0v) is 19.5. The molecular formula is C21H17ClF3N7O2S. The summed E-state index contributed by atoms with van der Waals surface area (Å²) in [5.74, 6) is 6.10. The molecule has 0 spiro atoms. The fourth-order valence-electron chi connectivity index (χ4n) is 3.08. The van der Waals surface area contributed by atoms with Crippen LogP contribution >= 0.6 is 23.4 Å². The Morgan fingerprint density at radius 3 is 2.63 bits per heavy atom. The Morgan fingerprint density at radius 2 is 1.94 bits per heavy atom. The third-order valence-electron chi connectivity index (χ3n) is 4.76. The SMILES string of the molecule is COc1ccc(-c2cc(-c3nnc(SCC(=O)Nc4ccc(Cl)cc4C(F)(F)F)n3N)[nH]n2)cc1. The molecule has 0 aliphatic carbocycles. The summed E-state index contributed by atoms with van der Waals surface area (Å²) in [4.78, 5) is 12.3. The summed E-state index contributed by atoms with van der Waals surface area (Å²) in [5.41, 5.74) is 0.523. The number of amides is 1. The van der Waals surface area contributed by atoms with Crippen molar-refractivity contribution < 1.29 is 22.7 Å². The van der Waals surface area contributed by atoms with Crippen LogP contribution < -0.4 is 15.9 Å². The predicted octanol–water partition coefficient (Wildman–Crippen LogP) is 4.46. The number of anilines is 1. The van der Waals surface area contributed by atoms with Crippen molar-refractivity contribution in [3.05, 3.63) is 59.1 Å². The number of aromatic nitrogens is 5. The molecule has 0 atom stereocenters. The molecule has 0 radical (unpaired) electrons. The van der Waals surface area contributed by atoms with Crippen molar-refractivity contribution in [3.8, 4) is 28.5 Å². The van der Waals surface area contributed by atoms with E-state index in [0.717, 1.165) is 34.1 Å². The van der Waals surface area contributed by atoms with Gasteiger partial charge in [-0.05, 0) is 48.5 Å². The number of benzene rings is 2. The smallest absolute Gasteiger partial charge is 0.418 e. The highest BCUT2D eigenvalue weighted by Gasteiger charge is 2.34. The second-order valence-corrected chi connectivity index (χ2v) is 8.47. The van der Waals surface area contributed by atoms with Crippen molar-refractivity contribution >= 4 is 35.0 Å². The van der Waals surface area contributed by atoms with Gasteiger partial charge in [0.2, 0.25) is 16.9 Å². The number of thioether (sulfide) groups is 1. The van der Waals surface area contributed by atoms with Crippen LogP contribution in [0.1, 0.15) is 5.56 Å². The van der Waals surface area contributed by atoms with E-state index in [1.807, 2.05) is 12.1 Å². The summed E-state index contributed by atoms with van der Waals surface area (Å²) in [6, 6.07) is 12.1. The van der Waals surface area contributed by atoms with E-state index in [-0.39, 0.29) is 21.8 Å². The van der Waals surface area contributed by atoms with Crippen LogP contribution in [0, 0.1) is 0 Å². The van der Waals surface area contributed by atoms with E-state index < -0.39 is 23.3 Å². The van der Waals surface area contributed by atoms with Crippen LogP contribution in [0.25, 0.3) is 22.8 Å². The van der Waals surface area contributed by atoms with Crippen LogP contribution in [0.2, 0.25) is 5.02 Å². The number of nitrogens with zero attached hydrogens (tertiary/aromatic N) is 4. The summed E-state index contributed by atoms with van der Waals surface area (Å²) in [6.07, 6.45) is -4.68. The lowest BCUT2D eigenvalue weighted by atomic mass is 10.1. The molecule has 2 heterocycles. The maximum atomic E-state index is 13.2. The van der Waals surface area contributed by atoms with Gasteiger partial charge in [0.1, 0.15) is 11.4 Å². The fraction of sp³-hybridized carbons (Fsp3) is 0.143. The van der Waals surface area contributed by atoms with Gasteiger partial charge in [-0.1, -0.05) is 23.4 Å². The Bertz CT molecular complexity index is 1360. The third kappa shape index (κ3) is 5.52. The lowest BCUT2D eigenvalue weighted by Crippen LogP contribution is -2.19. The highest BCUT2D eigenvalue weighted by Crippen LogP contribution is 2.36. The van der Waals surface area contributed by atoms with Gasteiger partial charge in [-0.3, -0.25) is 9.89 Å². The number of carbonyl (C=O) groups excluding carboxylic acids is 1. The van der Waals surface area contributed by atoms with Gasteiger partial charge >= 0.3 is 6.18 Å². The molecule has 4 N–H and O–H groups in total. The molecule has 14 heteroatoms. The Morgan fingerprint density at radius 1 is 1.20 bits per heavy atom. The van der Waals surface area contributed by atoms with Gasteiger partial charge in [0, 0.05) is 10.6 Å². The van der Waals surface area contributed by atoms with E-state index in [1.165, 1.54) is 6.07 Å². The summed E-state index contributed by atoms with van der Waals surface area (Å²) in [7, 11) is 1.58. The van der Waals surface area contributed by atoms with Crippen LogP contribution in [0.15, 0.2) is 53.7 Å². The minimum Gasteiger partial charge on any atom is -0.497 e. The zero-order valence-electron chi connectivity index (χ0n) is 17.9. The van der Waals surface area contributed by atoms with E-state index >= 15 is 0 Å². The molecule has 4 aromatic rings. The minimum absolute atomic E-state index is 0.0950. The quantitative estimate of drug-likeness (QED) is 0.241. The minimum atomic E-state index is -4.68. The Kier molecular flexibility index (Phi) is 6.89. The average molecular weight is 524 g/mol. The van der Waals surface area contributed by atoms with Gasteiger partial charge in [0.25, 0.3) is 0 Å². The van der Waals surface area contributed by atoms with E-state index in [0.29, 0.717) is 17.1 Å². The van der Waals surface area contributed by atoms with Gasteiger partial charge < -0.3 is 15.9 Å². The average Bonchev–Trinajstić information content (AvgIpc) is 3.45. The van der Waals surface area contributed by atoms with Crippen molar-refractivity contribution in [2.75, 3.05) is 24.0 Å². The van der Waals surface area contributed by atoms with Gasteiger partial charge in [-0.2, -0.15) is 18.3 Å². The second kappa shape index (κ2) is 9.88. The first kappa shape index (κ1) is 24.4. The maximum Gasteiger partial charge on any atom is 0.418 e. The van der Waals surface area contributed by atoms with Crippen molar-refractivity contribution in [3.63, 3.8) is 0 Å². The first-order valence-corrected chi connectivity index (χ1v) is 11.2. The zero-order chi connectivity index (χ0) is 25.2. The number of nitrogen functional groups attached to an aromatic ring is 1. The molecule has 4 rings (SSSR count). The summed E-state index contributed by atoms with van der Waals surface area (Å²) in [6.45, 7) is 0. The largest absolute Gasteiger partial charge is 0.497 e. The molecule has 1 amide bonds. The normalized spacial score (nSPS) is 11.5. The van der Waals surface area contributed by atoms with Crippen molar-refractivity contribution in [2.45, 2.75) is 11.3 Å². The number of nitrogens with one attached hydrogen (secondary N) is 2. The number of rotatable bonds is 7. The summed E-state index contributed by atoms with van der Waals surface area (Å²) < 4.78 is 46.0. The van der Waals surface area contributed by atoms with Crippen LogP contribution in [-0.2, 0) is 11.0 Å². The number of carbonyl (C=O) groups is 1. The topological polar surface area (TPSA) is 124 Å². The van der Waals surface area contributed by atoms with Crippen LogP contribution in [-0.4, -0.2) is 43.8 Å². The standard InChI is InChI=1S/C21H17ClF3N7O2S/c1-34-13-5-2-11(3-6-13)16-9-17(29-28-16)19-30-31-20(32(19)26)35-10-18(33)27-15-7-4-12(22)8-14(15)21(23,24)25/h2-9H,10,26H2,1H3,(H,27,33)(H,28,29). The van der Waals surface area contributed by atoms with Gasteiger partial charge in [-0.25, -0.2) is 4.68 Å². The van der Waals surface area contributed by atoms with Crippen molar-refractivity contribution in [1.29, 1.82) is 0 Å². The molecule has 0 saturated carbocycles. The monoisotopic (exact) mass is 523 g/mol. The number of halogens is 4. The first-order valence-electron chi connectivity index (χ1n) is 9.86. The number of alkyl halides is 3. The van der Waals surface area contributed by atoms with Crippen LogP contribution in [0.3, 0.4) is 0 Å².